The molecule has 0 fully saturated rings. The fourth-order valence-corrected chi connectivity index (χ4v) is 4.96. The van der Waals surface area contributed by atoms with E-state index < -0.39 is 23.3 Å². The number of nitrogens with zero attached hydrogens (tertiary/aromatic N) is 2. The van der Waals surface area contributed by atoms with Crippen LogP contribution in [0.3, 0.4) is 0 Å². The molecule has 2 atom stereocenters. The van der Waals surface area contributed by atoms with E-state index in [9.17, 15) is 8.78 Å². The van der Waals surface area contributed by atoms with Crippen molar-refractivity contribution in [3.63, 3.8) is 0 Å². The first kappa shape index (κ1) is 27.8. The van der Waals surface area contributed by atoms with Crippen LogP contribution >= 0.6 is 0 Å². The molecule has 1 heterocycles. The number of hydrogen-bond acceptors (Lipinski definition) is 4. The molecular formula is C29H39F3N4. The van der Waals surface area contributed by atoms with Crippen molar-refractivity contribution in [3.8, 4) is 0 Å². The summed E-state index contributed by atoms with van der Waals surface area (Å²) < 4.78 is 43.0. The summed E-state index contributed by atoms with van der Waals surface area (Å²) >= 11 is 0. The van der Waals surface area contributed by atoms with Gasteiger partial charge in [-0.15, -0.1) is 0 Å². The summed E-state index contributed by atoms with van der Waals surface area (Å²) in [5.74, 6) is -2.99. The lowest BCUT2D eigenvalue weighted by Crippen LogP contribution is -2.20. The molecule has 0 aliphatic heterocycles. The fraction of sp³-hybridized carbons (Fsp3) is 0.517. The lowest BCUT2D eigenvalue weighted by molar-refractivity contribution is 0.0136. The molecule has 0 aliphatic carbocycles. The molecule has 3 rings (SSSR count). The predicted octanol–water partition coefficient (Wildman–Crippen LogP) is 8.48. The van der Waals surface area contributed by atoms with Crippen LogP contribution in [0.1, 0.15) is 94.9 Å². The van der Waals surface area contributed by atoms with Crippen LogP contribution in [0.2, 0.25) is 0 Å². The number of halogens is 3. The summed E-state index contributed by atoms with van der Waals surface area (Å²) in [6.07, 6.45) is 4.86. The van der Waals surface area contributed by atoms with Crippen LogP contribution < -0.4 is 10.6 Å². The van der Waals surface area contributed by atoms with Gasteiger partial charge in [-0.1, -0.05) is 52.3 Å². The van der Waals surface area contributed by atoms with E-state index in [2.05, 4.69) is 49.4 Å². The topological polar surface area (TPSA) is 49.8 Å². The molecule has 0 saturated heterocycles. The van der Waals surface area contributed by atoms with Crippen molar-refractivity contribution >= 4 is 22.4 Å². The van der Waals surface area contributed by atoms with E-state index in [1.54, 1.807) is 6.92 Å². The molecule has 2 N–H and O–H groups in total. The Balaban J connectivity index is 2.14. The van der Waals surface area contributed by atoms with Gasteiger partial charge >= 0.3 is 0 Å². The van der Waals surface area contributed by atoms with Crippen molar-refractivity contribution in [2.24, 2.45) is 0 Å². The largest absolute Gasteiger partial charge is 0.382 e. The van der Waals surface area contributed by atoms with E-state index in [0.717, 1.165) is 54.8 Å². The summed E-state index contributed by atoms with van der Waals surface area (Å²) in [7, 11) is 0. The molecule has 0 saturated carbocycles. The van der Waals surface area contributed by atoms with Crippen molar-refractivity contribution in [2.75, 3.05) is 10.6 Å². The summed E-state index contributed by atoms with van der Waals surface area (Å²) in [4.78, 5) is 9.44. The lowest BCUT2D eigenvalue weighted by Gasteiger charge is -2.24. The van der Waals surface area contributed by atoms with Gasteiger partial charge in [-0.3, -0.25) is 0 Å². The van der Waals surface area contributed by atoms with Gasteiger partial charge in [-0.2, -0.15) is 0 Å². The summed E-state index contributed by atoms with van der Waals surface area (Å²) in [6, 6.07) is 6.00. The standard InChI is InChI=1S/C29H39F3N4/c1-8-13-19(9-2)36-25-16-23-27(21(11-4)20(25)10-3)34-18(6)35-28(23)33-17(5)22-14-12-15-24(26(22)30)29(7,31)32/h12,14-17,19,36H,8-11,13H2,1-7H3,(H,33,34,35)/t17-,19?/m1/s1. The van der Waals surface area contributed by atoms with Crippen LogP contribution in [0.5, 0.6) is 0 Å². The molecule has 0 bridgehead atoms. The van der Waals surface area contributed by atoms with Crippen molar-refractivity contribution in [1.82, 2.24) is 9.97 Å². The maximum atomic E-state index is 15.1. The normalized spacial score (nSPS) is 13.6. The first-order chi connectivity index (χ1) is 17.0. The zero-order valence-corrected chi connectivity index (χ0v) is 22.5. The highest BCUT2D eigenvalue weighted by atomic mass is 19.3. The molecule has 7 heteroatoms. The van der Waals surface area contributed by atoms with Gasteiger partial charge in [0.25, 0.3) is 5.92 Å². The van der Waals surface area contributed by atoms with E-state index in [1.807, 2.05) is 6.92 Å². The van der Waals surface area contributed by atoms with Crippen molar-refractivity contribution < 1.29 is 13.2 Å². The third-order valence-electron chi connectivity index (χ3n) is 6.84. The molecule has 36 heavy (non-hydrogen) atoms. The number of anilines is 2. The second-order valence-electron chi connectivity index (χ2n) is 9.61. The molecule has 0 radical (unpaired) electrons. The second kappa shape index (κ2) is 11.5. The Morgan fingerprint density at radius 2 is 1.69 bits per heavy atom. The molecule has 0 spiro atoms. The fourth-order valence-electron chi connectivity index (χ4n) is 4.96. The van der Waals surface area contributed by atoms with Crippen molar-refractivity contribution in [2.45, 2.75) is 98.6 Å². The molecule has 3 aromatic rings. The summed E-state index contributed by atoms with van der Waals surface area (Å²) in [6.45, 7) is 13.0. The Hall–Kier alpha value is -2.83. The molecular weight excluding hydrogens is 461 g/mol. The third-order valence-corrected chi connectivity index (χ3v) is 6.84. The van der Waals surface area contributed by atoms with Crippen molar-refractivity contribution in [1.29, 1.82) is 0 Å². The number of rotatable bonds is 11. The predicted molar refractivity (Wildman–Crippen MR) is 144 cm³/mol. The number of nitrogens with one attached hydrogen (secondary N) is 2. The molecule has 0 aliphatic rings. The first-order valence-corrected chi connectivity index (χ1v) is 13.1. The summed E-state index contributed by atoms with van der Waals surface area (Å²) in [5.41, 5.74) is 3.94. The number of fused-ring (bicyclic) bond motifs is 1. The third kappa shape index (κ3) is 5.76. The number of hydrogen-bond donors (Lipinski definition) is 2. The Morgan fingerprint density at radius 1 is 1.00 bits per heavy atom. The molecule has 4 nitrogen and oxygen atoms in total. The smallest absolute Gasteiger partial charge is 0.273 e. The quantitative estimate of drug-likeness (QED) is 0.277. The number of benzene rings is 2. The highest BCUT2D eigenvalue weighted by molar-refractivity contribution is 5.95. The monoisotopic (exact) mass is 500 g/mol. The molecule has 2 aromatic carbocycles. The van der Waals surface area contributed by atoms with Crippen LogP contribution in [0.4, 0.5) is 24.7 Å². The van der Waals surface area contributed by atoms with Gasteiger partial charge in [-0.25, -0.2) is 23.1 Å². The highest BCUT2D eigenvalue weighted by Gasteiger charge is 2.30. The Morgan fingerprint density at radius 3 is 2.28 bits per heavy atom. The van der Waals surface area contributed by atoms with Gasteiger partial charge in [0, 0.05) is 29.6 Å². The highest BCUT2D eigenvalue weighted by Crippen LogP contribution is 2.36. The number of alkyl halides is 2. The van der Waals surface area contributed by atoms with E-state index in [0.29, 0.717) is 24.6 Å². The number of aryl methyl sites for hydroxylation is 2. The zero-order valence-electron chi connectivity index (χ0n) is 22.5. The summed E-state index contributed by atoms with van der Waals surface area (Å²) in [5, 5.41) is 7.90. The van der Waals surface area contributed by atoms with Crippen LogP contribution in [-0.2, 0) is 18.8 Å². The Kier molecular flexibility index (Phi) is 8.85. The minimum Gasteiger partial charge on any atom is -0.382 e. The molecule has 0 amide bonds. The Bertz CT molecular complexity index is 1200. The van der Waals surface area contributed by atoms with E-state index in [4.69, 9.17) is 4.98 Å². The maximum Gasteiger partial charge on any atom is 0.273 e. The molecule has 196 valence electrons. The minimum absolute atomic E-state index is 0.173. The average molecular weight is 501 g/mol. The zero-order chi connectivity index (χ0) is 26.6. The van der Waals surface area contributed by atoms with Crippen molar-refractivity contribution in [3.05, 3.63) is 58.2 Å². The minimum atomic E-state index is -3.26. The lowest BCUT2D eigenvalue weighted by atomic mass is 9.95. The second-order valence-corrected chi connectivity index (χ2v) is 9.61. The van der Waals surface area contributed by atoms with Crippen LogP contribution in [0.25, 0.3) is 10.9 Å². The van der Waals surface area contributed by atoms with Gasteiger partial charge in [-0.05, 0) is 56.7 Å². The van der Waals surface area contributed by atoms with E-state index in [1.165, 1.54) is 23.3 Å². The van der Waals surface area contributed by atoms with E-state index >= 15 is 4.39 Å². The van der Waals surface area contributed by atoms with Gasteiger partial charge in [0.2, 0.25) is 0 Å². The Labute approximate surface area is 213 Å². The van der Waals surface area contributed by atoms with Crippen LogP contribution in [0.15, 0.2) is 24.3 Å². The van der Waals surface area contributed by atoms with Gasteiger partial charge in [0.1, 0.15) is 17.5 Å². The van der Waals surface area contributed by atoms with Crippen LogP contribution in [-0.4, -0.2) is 16.0 Å². The first-order valence-electron chi connectivity index (χ1n) is 13.1. The van der Waals surface area contributed by atoms with Crippen LogP contribution in [0, 0.1) is 12.7 Å². The molecule has 1 aromatic heterocycles. The maximum absolute atomic E-state index is 15.1. The number of aromatic nitrogens is 2. The van der Waals surface area contributed by atoms with Gasteiger partial charge in [0.15, 0.2) is 0 Å². The SMILES string of the molecule is CCCC(CC)Nc1cc2c(N[C@H](C)c3cccc(C(C)(F)F)c3F)nc(C)nc2c(CC)c1CC. The van der Waals surface area contributed by atoms with Gasteiger partial charge in [0.05, 0.1) is 17.1 Å². The van der Waals surface area contributed by atoms with E-state index in [-0.39, 0.29) is 5.56 Å². The molecule has 1 unspecified atom stereocenters. The van der Waals surface area contributed by atoms with Gasteiger partial charge < -0.3 is 10.6 Å². The average Bonchev–Trinajstić information content (AvgIpc) is 2.82.